The van der Waals surface area contributed by atoms with Gasteiger partial charge in [-0.15, -0.1) is 0 Å². The van der Waals surface area contributed by atoms with Crippen molar-refractivity contribution in [2.24, 2.45) is 0 Å². The summed E-state index contributed by atoms with van der Waals surface area (Å²) in [6.07, 6.45) is 2.61. The van der Waals surface area contributed by atoms with Gasteiger partial charge in [0.25, 0.3) is 5.91 Å². The molecule has 0 atom stereocenters. The van der Waals surface area contributed by atoms with E-state index in [9.17, 15) is 9.59 Å². The third kappa shape index (κ3) is 5.73. The van der Waals surface area contributed by atoms with Crippen LogP contribution in [-0.2, 0) is 4.79 Å². The van der Waals surface area contributed by atoms with Gasteiger partial charge in [0.2, 0.25) is 5.91 Å². The van der Waals surface area contributed by atoms with Gasteiger partial charge in [0.05, 0.1) is 17.2 Å². The maximum absolute atomic E-state index is 12.6. The van der Waals surface area contributed by atoms with Crippen LogP contribution < -0.4 is 10.1 Å². The average Bonchev–Trinajstić information content (AvgIpc) is 2.72. The lowest BCUT2D eigenvalue weighted by molar-refractivity contribution is -0.122. The second-order valence-corrected chi connectivity index (χ2v) is 7.29. The quantitative estimate of drug-likeness (QED) is 0.716. The Kier molecular flexibility index (Phi) is 7.31. The molecule has 0 bridgehead atoms. The van der Waals surface area contributed by atoms with E-state index in [-0.39, 0.29) is 17.9 Å². The number of carbonyl (C=O) groups excluding carboxylic acids is 2. The zero-order valence-electron chi connectivity index (χ0n) is 15.8. The smallest absolute Gasteiger partial charge is 0.255 e. The van der Waals surface area contributed by atoms with Crippen molar-refractivity contribution in [2.75, 3.05) is 19.7 Å². The number of hydrogen-bond acceptors (Lipinski definition) is 3. The fourth-order valence-corrected chi connectivity index (χ4v) is 3.49. The predicted molar refractivity (Wildman–Crippen MR) is 110 cm³/mol. The lowest BCUT2D eigenvalue weighted by Crippen LogP contribution is -2.46. The SMILES string of the molecule is O=C(CCCOc1ccccc1)NC1CCN(C(=O)c2ccccc2Cl)CC1. The molecule has 2 amide bonds. The summed E-state index contributed by atoms with van der Waals surface area (Å²) in [5, 5.41) is 3.54. The highest BCUT2D eigenvalue weighted by atomic mass is 35.5. The minimum absolute atomic E-state index is 0.0348. The van der Waals surface area contributed by atoms with Crippen LogP contribution in [0.1, 0.15) is 36.0 Å². The standard InChI is InChI=1S/C22H25ClN2O3/c23-20-10-5-4-9-19(20)22(27)25-14-12-17(13-15-25)24-21(26)11-6-16-28-18-7-2-1-3-8-18/h1-5,7-10,17H,6,11-16H2,(H,24,26). The van der Waals surface area contributed by atoms with Crippen LogP contribution in [0.2, 0.25) is 5.02 Å². The molecule has 6 heteroatoms. The van der Waals surface area contributed by atoms with Gasteiger partial charge in [0, 0.05) is 25.6 Å². The molecule has 1 heterocycles. The number of ether oxygens (including phenoxy) is 1. The van der Waals surface area contributed by atoms with Crippen molar-refractivity contribution in [1.82, 2.24) is 10.2 Å². The molecule has 2 aromatic rings. The van der Waals surface area contributed by atoms with E-state index >= 15 is 0 Å². The summed E-state index contributed by atoms with van der Waals surface area (Å²) < 4.78 is 5.60. The van der Waals surface area contributed by atoms with E-state index in [0.29, 0.717) is 43.1 Å². The van der Waals surface area contributed by atoms with E-state index in [2.05, 4.69) is 5.32 Å². The molecule has 0 spiro atoms. The van der Waals surface area contributed by atoms with E-state index in [0.717, 1.165) is 18.6 Å². The van der Waals surface area contributed by atoms with Crippen molar-refractivity contribution in [3.63, 3.8) is 0 Å². The predicted octanol–water partition coefficient (Wildman–Crippen LogP) is 3.92. The highest BCUT2D eigenvalue weighted by molar-refractivity contribution is 6.33. The monoisotopic (exact) mass is 400 g/mol. The highest BCUT2D eigenvalue weighted by Gasteiger charge is 2.25. The Balaban J connectivity index is 1.35. The van der Waals surface area contributed by atoms with Crippen LogP contribution in [-0.4, -0.2) is 42.5 Å². The number of nitrogens with zero attached hydrogens (tertiary/aromatic N) is 1. The molecule has 5 nitrogen and oxygen atoms in total. The molecule has 1 saturated heterocycles. The first-order chi connectivity index (χ1) is 13.6. The van der Waals surface area contributed by atoms with E-state index in [1.54, 1.807) is 17.0 Å². The Bertz CT molecular complexity index is 789. The number of halogens is 1. The van der Waals surface area contributed by atoms with Crippen LogP contribution in [0.25, 0.3) is 0 Å². The molecular weight excluding hydrogens is 376 g/mol. The third-order valence-electron chi connectivity index (χ3n) is 4.81. The molecule has 2 aromatic carbocycles. The maximum atomic E-state index is 12.6. The number of piperidine rings is 1. The van der Waals surface area contributed by atoms with Crippen LogP contribution in [0.3, 0.4) is 0 Å². The number of hydrogen-bond donors (Lipinski definition) is 1. The van der Waals surface area contributed by atoms with Crippen molar-refractivity contribution in [1.29, 1.82) is 0 Å². The fourth-order valence-electron chi connectivity index (χ4n) is 3.27. The molecule has 0 aromatic heterocycles. The highest BCUT2D eigenvalue weighted by Crippen LogP contribution is 2.20. The zero-order valence-corrected chi connectivity index (χ0v) is 16.5. The second kappa shape index (κ2) is 10.1. The zero-order chi connectivity index (χ0) is 19.8. The van der Waals surface area contributed by atoms with Crippen LogP contribution in [0.4, 0.5) is 0 Å². The number of likely N-dealkylation sites (tertiary alicyclic amines) is 1. The summed E-state index contributed by atoms with van der Waals surface area (Å²) in [7, 11) is 0. The minimum atomic E-state index is -0.0477. The molecule has 0 radical (unpaired) electrons. The Morgan fingerprint density at radius 1 is 1.04 bits per heavy atom. The summed E-state index contributed by atoms with van der Waals surface area (Å²) in [4.78, 5) is 26.5. The Morgan fingerprint density at radius 2 is 1.71 bits per heavy atom. The molecule has 28 heavy (non-hydrogen) atoms. The lowest BCUT2D eigenvalue weighted by Gasteiger charge is -2.32. The molecule has 1 fully saturated rings. The summed E-state index contributed by atoms with van der Waals surface area (Å²) in [6.45, 7) is 1.75. The molecule has 1 N–H and O–H groups in total. The normalized spacial score (nSPS) is 14.5. The van der Waals surface area contributed by atoms with E-state index in [1.807, 2.05) is 42.5 Å². The van der Waals surface area contributed by atoms with Crippen molar-refractivity contribution < 1.29 is 14.3 Å². The number of nitrogens with one attached hydrogen (secondary N) is 1. The van der Waals surface area contributed by atoms with Crippen molar-refractivity contribution >= 4 is 23.4 Å². The minimum Gasteiger partial charge on any atom is -0.494 e. The van der Waals surface area contributed by atoms with E-state index < -0.39 is 0 Å². The van der Waals surface area contributed by atoms with Crippen LogP contribution >= 0.6 is 11.6 Å². The van der Waals surface area contributed by atoms with Gasteiger partial charge in [-0.2, -0.15) is 0 Å². The number of benzene rings is 2. The molecule has 148 valence electrons. The average molecular weight is 401 g/mol. The molecule has 0 saturated carbocycles. The Hall–Kier alpha value is -2.53. The van der Waals surface area contributed by atoms with Gasteiger partial charge >= 0.3 is 0 Å². The van der Waals surface area contributed by atoms with Gasteiger partial charge in [-0.25, -0.2) is 0 Å². The molecule has 3 rings (SSSR count). The van der Waals surface area contributed by atoms with Gasteiger partial charge in [0.15, 0.2) is 0 Å². The van der Waals surface area contributed by atoms with Gasteiger partial charge in [-0.3, -0.25) is 9.59 Å². The van der Waals surface area contributed by atoms with Crippen LogP contribution in [0, 0.1) is 0 Å². The number of carbonyl (C=O) groups is 2. The molecule has 1 aliphatic heterocycles. The van der Waals surface area contributed by atoms with Crippen molar-refractivity contribution in [3.8, 4) is 5.75 Å². The van der Waals surface area contributed by atoms with Gasteiger partial charge in [0.1, 0.15) is 5.75 Å². The van der Waals surface area contributed by atoms with Gasteiger partial charge < -0.3 is 15.0 Å². The summed E-state index contributed by atoms with van der Waals surface area (Å²) >= 11 is 6.12. The Morgan fingerprint density at radius 3 is 2.43 bits per heavy atom. The summed E-state index contributed by atoms with van der Waals surface area (Å²) in [6, 6.07) is 16.8. The van der Waals surface area contributed by atoms with Crippen molar-refractivity contribution in [2.45, 2.75) is 31.7 Å². The number of amides is 2. The first-order valence-corrected chi connectivity index (χ1v) is 10.0. The lowest BCUT2D eigenvalue weighted by atomic mass is 10.0. The molecule has 1 aliphatic rings. The third-order valence-corrected chi connectivity index (χ3v) is 5.14. The van der Waals surface area contributed by atoms with Crippen molar-refractivity contribution in [3.05, 3.63) is 65.2 Å². The van der Waals surface area contributed by atoms with E-state index in [4.69, 9.17) is 16.3 Å². The fraction of sp³-hybridized carbons (Fsp3) is 0.364. The first kappa shape index (κ1) is 20.2. The first-order valence-electron chi connectivity index (χ1n) is 9.64. The van der Waals surface area contributed by atoms with E-state index in [1.165, 1.54) is 0 Å². The molecule has 0 unspecified atom stereocenters. The van der Waals surface area contributed by atoms with Crippen LogP contribution in [0.5, 0.6) is 5.75 Å². The maximum Gasteiger partial charge on any atom is 0.255 e. The summed E-state index contributed by atoms with van der Waals surface area (Å²) in [5.41, 5.74) is 0.532. The number of rotatable bonds is 7. The Labute approximate surface area is 170 Å². The van der Waals surface area contributed by atoms with Gasteiger partial charge in [-0.1, -0.05) is 41.9 Å². The second-order valence-electron chi connectivity index (χ2n) is 6.88. The summed E-state index contributed by atoms with van der Waals surface area (Å²) in [5.74, 6) is 0.805. The topological polar surface area (TPSA) is 58.6 Å². The van der Waals surface area contributed by atoms with Crippen LogP contribution in [0.15, 0.2) is 54.6 Å². The van der Waals surface area contributed by atoms with Gasteiger partial charge in [-0.05, 0) is 43.5 Å². The largest absolute Gasteiger partial charge is 0.494 e. The number of para-hydroxylation sites is 1. The molecular formula is C22H25ClN2O3. The molecule has 0 aliphatic carbocycles.